The minimum atomic E-state index is 0.574. The Kier molecular flexibility index (Phi) is 6.20. The van der Waals surface area contributed by atoms with Gasteiger partial charge in [-0.2, -0.15) is 0 Å². The Morgan fingerprint density at radius 1 is 1.29 bits per heavy atom. The Bertz CT molecular complexity index is 130. The van der Waals surface area contributed by atoms with E-state index in [1.54, 1.807) is 0 Å². The van der Waals surface area contributed by atoms with Gasteiger partial charge < -0.3 is 0 Å². The maximum absolute atomic E-state index is 5.58. The molecule has 2 nitrogen and oxygen atoms in total. The zero-order valence-electron chi connectivity index (χ0n) is 9.60. The van der Waals surface area contributed by atoms with E-state index in [0.717, 1.165) is 5.92 Å². The Balaban J connectivity index is 2.10. The van der Waals surface area contributed by atoms with Crippen LogP contribution in [0.4, 0.5) is 0 Å². The van der Waals surface area contributed by atoms with Gasteiger partial charge in [0.2, 0.25) is 0 Å². The molecule has 1 rings (SSSR count). The number of hydrazine groups is 1. The highest BCUT2D eigenvalue weighted by Gasteiger charge is 2.18. The Hall–Kier alpha value is -0.0800. The van der Waals surface area contributed by atoms with Gasteiger partial charge in [-0.25, -0.2) is 0 Å². The van der Waals surface area contributed by atoms with Crippen molar-refractivity contribution in [3.63, 3.8) is 0 Å². The predicted octanol–water partition coefficient (Wildman–Crippen LogP) is 2.98. The summed E-state index contributed by atoms with van der Waals surface area (Å²) in [6.45, 7) is 2.25. The maximum Gasteiger partial charge on any atom is 0.0213 e. The summed E-state index contributed by atoms with van der Waals surface area (Å²) < 4.78 is 0. The van der Waals surface area contributed by atoms with E-state index in [-0.39, 0.29) is 0 Å². The topological polar surface area (TPSA) is 38.0 Å². The van der Waals surface area contributed by atoms with Crippen LogP contribution in [0.15, 0.2) is 0 Å². The third-order valence-electron chi connectivity index (χ3n) is 3.48. The first-order valence-corrected chi connectivity index (χ1v) is 6.33. The molecule has 0 aliphatic heterocycles. The molecule has 2 heteroatoms. The van der Waals surface area contributed by atoms with E-state index >= 15 is 0 Å². The number of nitrogens with two attached hydrogens (primary N) is 1. The molecule has 3 N–H and O–H groups in total. The predicted molar refractivity (Wildman–Crippen MR) is 61.8 cm³/mol. The molecule has 0 aromatic heterocycles. The minimum Gasteiger partial charge on any atom is -0.271 e. The van der Waals surface area contributed by atoms with Crippen LogP contribution < -0.4 is 11.3 Å². The van der Waals surface area contributed by atoms with Gasteiger partial charge in [-0.3, -0.25) is 11.3 Å². The van der Waals surface area contributed by atoms with Crippen LogP contribution in [0.1, 0.15) is 64.7 Å². The summed E-state index contributed by atoms with van der Waals surface area (Å²) >= 11 is 0. The van der Waals surface area contributed by atoms with Crippen molar-refractivity contribution in [3.8, 4) is 0 Å². The number of hydrogen-bond donors (Lipinski definition) is 2. The van der Waals surface area contributed by atoms with Crippen LogP contribution in [0.5, 0.6) is 0 Å². The third kappa shape index (κ3) is 4.43. The second kappa shape index (κ2) is 7.24. The summed E-state index contributed by atoms with van der Waals surface area (Å²) in [5.41, 5.74) is 2.99. The molecule has 1 unspecified atom stereocenters. The highest BCUT2D eigenvalue weighted by molar-refractivity contribution is 4.74. The summed E-state index contributed by atoms with van der Waals surface area (Å²) in [7, 11) is 0. The average molecular weight is 198 g/mol. The molecule has 1 aliphatic carbocycles. The largest absolute Gasteiger partial charge is 0.271 e. The van der Waals surface area contributed by atoms with Gasteiger partial charge >= 0.3 is 0 Å². The lowest BCUT2D eigenvalue weighted by Crippen LogP contribution is -2.36. The monoisotopic (exact) mass is 198 g/mol. The number of unbranched alkanes of at least 4 members (excludes halogenated alkanes) is 2. The number of hydrogen-bond acceptors (Lipinski definition) is 2. The third-order valence-corrected chi connectivity index (χ3v) is 3.48. The summed E-state index contributed by atoms with van der Waals surface area (Å²) in [5.74, 6) is 6.54. The summed E-state index contributed by atoms with van der Waals surface area (Å²) in [4.78, 5) is 0. The molecule has 0 bridgehead atoms. The first kappa shape index (κ1) is 12.0. The van der Waals surface area contributed by atoms with Crippen molar-refractivity contribution in [2.75, 3.05) is 0 Å². The standard InChI is InChI=1S/C12H26N2/c1-2-3-4-9-12(14-13)10-11-7-5-6-8-11/h11-12,14H,2-10,13H2,1H3. The van der Waals surface area contributed by atoms with Crippen LogP contribution in [0.25, 0.3) is 0 Å². The van der Waals surface area contributed by atoms with Crippen molar-refractivity contribution in [1.82, 2.24) is 5.43 Å². The molecule has 1 atom stereocenters. The fraction of sp³-hybridized carbons (Fsp3) is 1.00. The molecule has 0 heterocycles. The first-order chi connectivity index (χ1) is 6.86. The van der Waals surface area contributed by atoms with Crippen LogP contribution in [-0.4, -0.2) is 6.04 Å². The highest BCUT2D eigenvalue weighted by atomic mass is 15.2. The van der Waals surface area contributed by atoms with Crippen LogP contribution in [0.2, 0.25) is 0 Å². The fourth-order valence-electron chi connectivity index (χ4n) is 2.56. The van der Waals surface area contributed by atoms with Crippen LogP contribution in [0, 0.1) is 5.92 Å². The van der Waals surface area contributed by atoms with Crippen molar-refractivity contribution >= 4 is 0 Å². The molecule has 0 amide bonds. The van der Waals surface area contributed by atoms with E-state index in [9.17, 15) is 0 Å². The molecule has 0 spiro atoms. The zero-order valence-corrected chi connectivity index (χ0v) is 9.60. The van der Waals surface area contributed by atoms with E-state index in [4.69, 9.17) is 5.84 Å². The SMILES string of the molecule is CCCCCC(CC1CCCC1)NN. The van der Waals surface area contributed by atoms with Gasteiger partial charge in [-0.05, 0) is 18.8 Å². The van der Waals surface area contributed by atoms with Crippen molar-refractivity contribution in [1.29, 1.82) is 0 Å². The lowest BCUT2D eigenvalue weighted by atomic mass is 9.95. The van der Waals surface area contributed by atoms with Crippen molar-refractivity contribution in [2.24, 2.45) is 11.8 Å². The smallest absolute Gasteiger partial charge is 0.0213 e. The molecule has 1 fully saturated rings. The van der Waals surface area contributed by atoms with Crippen LogP contribution >= 0.6 is 0 Å². The highest BCUT2D eigenvalue weighted by Crippen LogP contribution is 2.29. The number of rotatable bonds is 7. The lowest BCUT2D eigenvalue weighted by Gasteiger charge is -2.19. The van der Waals surface area contributed by atoms with E-state index < -0.39 is 0 Å². The second-order valence-electron chi connectivity index (χ2n) is 4.75. The van der Waals surface area contributed by atoms with Crippen LogP contribution in [-0.2, 0) is 0 Å². The average Bonchev–Trinajstić information content (AvgIpc) is 2.69. The van der Waals surface area contributed by atoms with Crippen LogP contribution in [0.3, 0.4) is 0 Å². The van der Waals surface area contributed by atoms with E-state index in [1.165, 1.54) is 57.8 Å². The van der Waals surface area contributed by atoms with E-state index in [0.29, 0.717) is 6.04 Å². The fourth-order valence-corrected chi connectivity index (χ4v) is 2.56. The van der Waals surface area contributed by atoms with Gasteiger partial charge in [0.15, 0.2) is 0 Å². The first-order valence-electron chi connectivity index (χ1n) is 6.33. The van der Waals surface area contributed by atoms with Gasteiger partial charge in [0.1, 0.15) is 0 Å². The Labute approximate surface area is 88.6 Å². The zero-order chi connectivity index (χ0) is 10.2. The van der Waals surface area contributed by atoms with Crippen molar-refractivity contribution < 1.29 is 0 Å². The molecule has 1 aliphatic rings. The molecule has 0 saturated heterocycles. The molecule has 84 valence electrons. The minimum absolute atomic E-state index is 0.574. The van der Waals surface area contributed by atoms with Gasteiger partial charge in [-0.15, -0.1) is 0 Å². The molecule has 0 aromatic rings. The quantitative estimate of drug-likeness (QED) is 0.375. The van der Waals surface area contributed by atoms with Gasteiger partial charge in [0.05, 0.1) is 0 Å². The normalized spacial score (nSPS) is 20.1. The molecular formula is C12H26N2. The Morgan fingerprint density at radius 3 is 2.57 bits per heavy atom. The summed E-state index contributed by atoms with van der Waals surface area (Å²) in [6, 6.07) is 0.574. The molecule has 0 aromatic carbocycles. The lowest BCUT2D eigenvalue weighted by molar-refractivity contribution is 0.366. The molecule has 1 saturated carbocycles. The molecular weight excluding hydrogens is 172 g/mol. The second-order valence-corrected chi connectivity index (χ2v) is 4.75. The Morgan fingerprint density at radius 2 is 2.00 bits per heavy atom. The summed E-state index contributed by atoms with van der Waals surface area (Å²) in [5, 5.41) is 0. The molecule has 0 radical (unpaired) electrons. The van der Waals surface area contributed by atoms with Crippen molar-refractivity contribution in [3.05, 3.63) is 0 Å². The van der Waals surface area contributed by atoms with E-state index in [2.05, 4.69) is 12.3 Å². The summed E-state index contributed by atoms with van der Waals surface area (Å²) in [6.07, 6.45) is 12.3. The van der Waals surface area contributed by atoms with E-state index in [1.807, 2.05) is 0 Å². The van der Waals surface area contributed by atoms with Gasteiger partial charge in [0, 0.05) is 6.04 Å². The number of nitrogens with one attached hydrogen (secondary N) is 1. The molecule has 14 heavy (non-hydrogen) atoms. The van der Waals surface area contributed by atoms with Gasteiger partial charge in [-0.1, -0.05) is 51.9 Å². The van der Waals surface area contributed by atoms with Crippen molar-refractivity contribution in [2.45, 2.75) is 70.8 Å². The van der Waals surface area contributed by atoms with Gasteiger partial charge in [0.25, 0.3) is 0 Å². The maximum atomic E-state index is 5.58.